The maximum absolute atomic E-state index is 11.4. The van der Waals surface area contributed by atoms with E-state index in [2.05, 4.69) is 4.98 Å². The summed E-state index contributed by atoms with van der Waals surface area (Å²) in [5, 5.41) is 4.60. The number of nitrogens with two attached hydrogens (primary N) is 2. The summed E-state index contributed by atoms with van der Waals surface area (Å²) in [6.45, 7) is 0.465. The summed E-state index contributed by atoms with van der Waals surface area (Å²) >= 11 is 1.43. The van der Waals surface area contributed by atoms with Crippen molar-refractivity contribution in [2.45, 2.75) is 13.0 Å². The number of carbonyl (C=O) groups is 2. The van der Waals surface area contributed by atoms with Gasteiger partial charge in [0.05, 0.1) is 12.1 Å². The number of hydrogen-bond acceptors (Lipinski definition) is 5. The first kappa shape index (κ1) is 14.2. The van der Waals surface area contributed by atoms with Crippen molar-refractivity contribution in [2.24, 2.45) is 11.5 Å². The number of imide groups is 1. The van der Waals surface area contributed by atoms with E-state index in [4.69, 9.17) is 11.5 Å². The molecule has 0 saturated carbocycles. The van der Waals surface area contributed by atoms with Crippen LogP contribution in [-0.4, -0.2) is 16.9 Å². The van der Waals surface area contributed by atoms with Gasteiger partial charge in [-0.05, 0) is 11.6 Å². The Kier molecular flexibility index (Phi) is 4.44. The van der Waals surface area contributed by atoms with Crippen LogP contribution in [0.1, 0.15) is 11.3 Å². The predicted octanol–water partition coefficient (Wildman–Crippen LogP) is 1.01. The van der Waals surface area contributed by atoms with Gasteiger partial charge in [-0.15, -0.1) is 11.3 Å². The summed E-state index contributed by atoms with van der Waals surface area (Å²) in [5.74, 6) is -0.468. The fourth-order valence-corrected chi connectivity index (χ4v) is 2.51. The predicted molar refractivity (Wildman–Crippen MR) is 76.9 cm³/mol. The Morgan fingerprint density at radius 3 is 2.85 bits per heavy atom. The lowest BCUT2D eigenvalue weighted by molar-refractivity contribution is -0.119. The van der Waals surface area contributed by atoms with Gasteiger partial charge in [0.25, 0.3) is 0 Å². The van der Waals surface area contributed by atoms with E-state index < -0.39 is 11.9 Å². The molecule has 2 aromatic rings. The SMILES string of the molecule is NCc1cccc(-c2nc(CC(=O)NC(N)=O)cs2)c1. The van der Waals surface area contributed by atoms with Crippen molar-refractivity contribution >= 4 is 23.3 Å². The Labute approximate surface area is 119 Å². The molecule has 6 nitrogen and oxygen atoms in total. The lowest BCUT2D eigenvalue weighted by Gasteiger charge is -2.00. The van der Waals surface area contributed by atoms with Gasteiger partial charge in [-0.2, -0.15) is 0 Å². The van der Waals surface area contributed by atoms with Crippen LogP contribution in [0.25, 0.3) is 10.6 Å². The third-order valence-corrected chi connectivity index (χ3v) is 3.51. The summed E-state index contributed by atoms with van der Waals surface area (Å²) in [5.41, 5.74) is 13.1. The lowest BCUT2D eigenvalue weighted by atomic mass is 10.1. The number of thiazole rings is 1. The molecule has 7 heteroatoms. The fourth-order valence-electron chi connectivity index (χ4n) is 1.70. The molecular weight excluding hydrogens is 276 g/mol. The molecule has 0 unspecified atom stereocenters. The number of nitrogens with zero attached hydrogens (tertiary/aromatic N) is 1. The van der Waals surface area contributed by atoms with E-state index in [0.29, 0.717) is 12.2 Å². The van der Waals surface area contributed by atoms with E-state index in [9.17, 15) is 9.59 Å². The van der Waals surface area contributed by atoms with E-state index in [1.165, 1.54) is 11.3 Å². The van der Waals surface area contributed by atoms with Crippen molar-refractivity contribution in [1.82, 2.24) is 10.3 Å². The molecule has 3 amide bonds. The minimum atomic E-state index is -0.860. The molecule has 0 aliphatic rings. The monoisotopic (exact) mass is 290 g/mol. The number of benzene rings is 1. The number of carbonyl (C=O) groups excluding carboxylic acids is 2. The average Bonchev–Trinajstić information content (AvgIpc) is 2.86. The van der Waals surface area contributed by atoms with Crippen molar-refractivity contribution in [1.29, 1.82) is 0 Å². The zero-order valence-electron chi connectivity index (χ0n) is 10.6. The summed E-state index contributed by atoms with van der Waals surface area (Å²) < 4.78 is 0. The standard InChI is InChI=1S/C13H14N4O2S/c14-6-8-2-1-3-9(4-8)12-16-10(7-20-12)5-11(18)17-13(15)19/h1-4,7H,5-6,14H2,(H3,15,17,18,19). The Balaban J connectivity index is 2.12. The maximum Gasteiger partial charge on any atom is 0.318 e. The van der Waals surface area contributed by atoms with Gasteiger partial charge in [0.2, 0.25) is 5.91 Å². The molecular formula is C13H14N4O2S. The van der Waals surface area contributed by atoms with Gasteiger partial charge in [0.15, 0.2) is 0 Å². The average molecular weight is 290 g/mol. The summed E-state index contributed by atoms with van der Waals surface area (Å²) in [4.78, 5) is 26.3. The Hall–Kier alpha value is -2.25. The Morgan fingerprint density at radius 1 is 1.35 bits per heavy atom. The molecule has 5 N–H and O–H groups in total. The van der Waals surface area contributed by atoms with Crippen LogP contribution in [0.3, 0.4) is 0 Å². The second kappa shape index (κ2) is 6.27. The molecule has 0 saturated heterocycles. The third kappa shape index (κ3) is 3.62. The van der Waals surface area contributed by atoms with E-state index in [1.807, 2.05) is 29.6 Å². The van der Waals surface area contributed by atoms with Crippen LogP contribution in [0.2, 0.25) is 0 Å². The van der Waals surface area contributed by atoms with Crippen LogP contribution < -0.4 is 16.8 Å². The number of primary amides is 1. The van der Waals surface area contributed by atoms with Crippen LogP contribution in [0, 0.1) is 0 Å². The zero-order valence-corrected chi connectivity index (χ0v) is 11.4. The molecule has 0 radical (unpaired) electrons. The normalized spacial score (nSPS) is 10.2. The highest BCUT2D eigenvalue weighted by Crippen LogP contribution is 2.24. The number of rotatable bonds is 4. The van der Waals surface area contributed by atoms with Gasteiger partial charge in [-0.25, -0.2) is 9.78 Å². The van der Waals surface area contributed by atoms with Crippen molar-refractivity contribution in [3.63, 3.8) is 0 Å². The molecule has 20 heavy (non-hydrogen) atoms. The minimum Gasteiger partial charge on any atom is -0.351 e. The fraction of sp³-hybridized carbons (Fsp3) is 0.154. The lowest BCUT2D eigenvalue weighted by Crippen LogP contribution is -2.35. The molecule has 1 heterocycles. The van der Waals surface area contributed by atoms with Crippen molar-refractivity contribution in [3.8, 4) is 10.6 Å². The molecule has 1 aromatic carbocycles. The summed E-state index contributed by atoms with van der Waals surface area (Å²) in [7, 11) is 0. The molecule has 0 atom stereocenters. The molecule has 0 bridgehead atoms. The first-order valence-electron chi connectivity index (χ1n) is 5.91. The van der Waals surface area contributed by atoms with Gasteiger partial charge < -0.3 is 11.5 Å². The molecule has 0 fully saturated rings. The van der Waals surface area contributed by atoms with Crippen molar-refractivity contribution in [2.75, 3.05) is 0 Å². The molecule has 0 aliphatic carbocycles. The first-order chi connectivity index (χ1) is 9.58. The highest BCUT2D eigenvalue weighted by molar-refractivity contribution is 7.13. The van der Waals surface area contributed by atoms with E-state index in [0.717, 1.165) is 16.1 Å². The van der Waals surface area contributed by atoms with Gasteiger partial charge in [-0.1, -0.05) is 18.2 Å². The minimum absolute atomic E-state index is 0.0238. The highest BCUT2D eigenvalue weighted by Gasteiger charge is 2.10. The second-order valence-corrected chi connectivity index (χ2v) is 5.00. The van der Waals surface area contributed by atoms with Crippen molar-refractivity contribution < 1.29 is 9.59 Å². The molecule has 1 aromatic heterocycles. The van der Waals surface area contributed by atoms with E-state index in [1.54, 1.807) is 5.38 Å². The molecule has 104 valence electrons. The number of amides is 3. The quantitative estimate of drug-likeness (QED) is 0.780. The van der Waals surface area contributed by atoms with Gasteiger partial charge in [-0.3, -0.25) is 10.1 Å². The van der Waals surface area contributed by atoms with E-state index in [-0.39, 0.29) is 6.42 Å². The van der Waals surface area contributed by atoms with Gasteiger partial charge >= 0.3 is 6.03 Å². The Bertz CT molecular complexity index is 639. The number of hydrogen-bond donors (Lipinski definition) is 3. The third-order valence-electron chi connectivity index (χ3n) is 2.57. The second-order valence-electron chi connectivity index (χ2n) is 4.14. The molecule has 2 rings (SSSR count). The summed E-state index contributed by atoms with van der Waals surface area (Å²) in [6.07, 6.45) is 0.0238. The van der Waals surface area contributed by atoms with Crippen LogP contribution in [-0.2, 0) is 17.8 Å². The van der Waals surface area contributed by atoms with Crippen LogP contribution in [0.4, 0.5) is 4.79 Å². The first-order valence-corrected chi connectivity index (χ1v) is 6.79. The van der Waals surface area contributed by atoms with Gasteiger partial charge in [0.1, 0.15) is 5.01 Å². The topological polar surface area (TPSA) is 111 Å². The smallest absolute Gasteiger partial charge is 0.318 e. The van der Waals surface area contributed by atoms with Gasteiger partial charge in [0, 0.05) is 17.5 Å². The largest absolute Gasteiger partial charge is 0.351 e. The number of aromatic nitrogens is 1. The molecule has 0 aliphatic heterocycles. The van der Waals surface area contributed by atoms with E-state index >= 15 is 0 Å². The van der Waals surface area contributed by atoms with Crippen LogP contribution in [0.15, 0.2) is 29.6 Å². The van der Waals surface area contributed by atoms with Crippen LogP contribution in [0.5, 0.6) is 0 Å². The Morgan fingerprint density at radius 2 is 2.15 bits per heavy atom. The molecule has 0 spiro atoms. The number of nitrogens with one attached hydrogen (secondary N) is 1. The highest BCUT2D eigenvalue weighted by atomic mass is 32.1. The van der Waals surface area contributed by atoms with Crippen LogP contribution >= 0.6 is 11.3 Å². The zero-order chi connectivity index (χ0) is 14.5. The summed E-state index contributed by atoms with van der Waals surface area (Å²) in [6, 6.07) is 6.90. The number of urea groups is 1. The van der Waals surface area contributed by atoms with Crippen molar-refractivity contribution in [3.05, 3.63) is 40.9 Å². The maximum atomic E-state index is 11.4.